The van der Waals surface area contributed by atoms with Crippen molar-refractivity contribution in [1.29, 1.82) is 0 Å². The van der Waals surface area contributed by atoms with Crippen LogP contribution in [0, 0.1) is 0 Å². The summed E-state index contributed by atoms with van der Waals surface area (Å²) in [5.74, 6) is -3.45. The molecule has 1 fully saturated rings. The molecule has 0 radical (unpaired) electrons. The molecule has 0 amide bonds. The number of carboxylic acid groups (broad SMARTS) is 3. The van der Waals surface area contributed by atoms with E-state index in [-0.39, 0.29) is 12.6 Å². The summed E-state index contributed by atoms with van der Waals surface area (Å²) in [5.41, 5.74) is 26.0. The van der Waals surface area contributed by atoms with Crippen LogP contribution in [-0.2, 0) is 23.9 Å². The van der Waals surface area contributed by atoms with Crippen molar-refractivity contribution in [2.75, 3.05) is 26.2 Å². The van der Waals surface area contributed by atoms with Gasteiger partial charge in [-0.15, -0.1) is 0 Å². The molecule has 0 aliphatic carbocycles. The first-order valence-electron chi connectivity index (χ1n) is 11.2. The highest BCUT2D eigenvalue weighted by molar-refractivity contribution is 5.77. The molecule has 34 heavy (non-hydrogen) atoms. The van der Waals surface area contributed by atoms with Gasteiger partial charge in [-0.25, -0.2) is 0 Å². The molecule has 0 saturated carbocycles. The van der Waals surface area contributed by atoms with E-state index < -0.39 is 42.0 Å². The molecule has 0 spiro atoms. The van der Waals surface area contributed by atoms with E-state index in [9.17, 15) is 19.2 Å². The first kappa shape index (κ1) is 33.8. The van der Waals surface area contributed by atoms with Crippen LogP contribution in [0.3, 0.4) is 0 Å². The van der Waals surface area contributed by atoms with Crippen molar-refractivity contribution in [1.82, 2.24) is 5.32 Å². The smallest absolute Gasteiger partial charge is 0.324 e. The van der Waals surface area contributed by atoms with Gasteiger partial charge in [0.1, 0.15) is 30.8 Å². The van der Waals surface area contributed by atoms with Crippen LogP contribution in [0.5, 0.6) is 0 Å². The lowest BCUT2D eigenvalue weighted by Crippen LogP contribution is -2.39. The van der Waals surface area contributed by atoms with Crippen LogP contribution in [0.15, 0.2) is 0 Å². The summed E-state index contributed by atoms with van der Waals surface area (Å²) < 4.78 is 4.74. The molecule has 200 valence electrons. The molecule has 0 unspecified atom stereocenters. The Balaban J connectivity index is 0. The van der Waals surface area contributed by atoms with E-state index in [1.54, 1.807) is 0 Å². The first-order chi connectivity index (χ1) is 16.0. The van der Waals surface area contributed by atoms with Gasteiger partial charge in [0.15, 0.2) is 0 Å². The largest absolute Gasteiger partial charge is 0.480 e. The normalized spacial score (nSPS) is 17.1. The van der Waals surface area contributed by atoms with Crippen molar-refractivity contribution >= 4 is 23.9 Å². The number of aliphatic carboxylic acids is 3. The number of esters is 1. The number of unbranched alkanes of at least 4 members (excludes halogenated alkanes) is 2. The second-order valence-electron chi connectivity index (χ2n) is 7.68. The summed E-state index contributed by atoms with van der Waals surface area (Å²) in [6.07, 6.45) is 6.00. The molecule has 0 bridgehead atoms. The fourth-order valence-corrected chi connectivity index (χ4v) is 2.49. The molecule has 1 heterocycles. The predicted octanol–water partition coefficient (Wildman–Crippen LogP) is -2.25. The fourth-order valence-electron chi connectivity index (χ4n) is 2.49. The fraction of sp³-hybridized carbons (Fsp3) is 0.800. The highest BCUT2D eigenvalue weighted by Crippen LogP contribution is 2.06. The second kappa shape index (κ2) is 21.2. The van der Waals surface area contributed by atoms with Gasteiger partial charge in [0.2, 0.25) is 0 Å². The molecule has 1 rings (SSSR count). The summed E-state index contributed by atoms with van der Waals surface area (Å²) in [6.45, 7) is 1.73. The Labute approximate surface area is 199 Å². The minimum atomic E-state index is -1.17. The zero-order chi connectivity index (χ0) is 26.5. The van der Waals surface area contributed by atoms with Gasteiger partial charge in [-0.2, -0.15) is 0 Å². The highest BCUT2D eigenvalue weighted by Gasteiger charge is 2.24. The van der Waals surface area contributed by atoms with Crippen LogP contribution >= 0.6 is 0 Å². The molecule has 14 heteroatoms. The molecule has 1 aliphatic heterocycles. The van der Waals surface area contributed by atoms with Crippen LogP contribution in [0.4, 0.5) is 0 Å². The Kier molecular flexibility index (Phi) is 21.1. The Hall–Kier alpha value is -2.36. The third-order valence-corrected chi connectivity index (χ3v) is 4.64. The minimum absolute atomic E-state index is 0.271. The third-order valence-electron chi connectivity index (χ3n) is 4.64. The number of carbonyl (C=O) groups is 4. The van der Waals surface area contributed by atoms with Crippen LogP contribution in [0.1, 0.15) is 51.4 Å². The topological polar surface area (TPSA) is 280 Å². The molecule has 1 aliphatic rings. The lowest BCUT2D eigenvalue weighted by Gasteiger charge is -2.11. The van der Waals surface area contributed by atoms with Gasteiger partial charge in [0.25, 0.3) is 0 Å². The number of hydrogen-bond donors (Lipinski definition) is 9. The summed E-state index contributed by atoms with van der Waals surface area (Å²) in [7, 11) is 0. The lowest BCUT2D eigenvalue weighted by molar-refractivity contribution is -0.149. The van der Waals surface area contributed by atoms with Gasteiger partial charge in [0.05, 0.1) is 0 Å². The van der Waals surface area contributed by atoms with Crippen molar-refractivity contribution in [3.8, 4) is 0 Å². The molecule has 14 N–H and O–H groups in total. The van der Waals surface area contributed by atoms with Crippen molar-refractivity contribution in [3.05, 3.63) is 0 Å². The zero-order valence-electron chi connectivity index (χ0n) is 19.6. The number of ether oxygens (including phenoxy) is 1. The quantitative estimate of drug-likeness (QED) is 0.0910. The molecule has 1 saturated heterocycles. The SMILES string of the molecule is NCCCC[C@H](N)C(=O)O.NCCCC[C@H](N)C(=O)O.N[C@@H](COC(=O)[C@@H]1CCCN1)C(=O)O. The summed E-state index contributed by atoms with van der Waals surface area (Å²) in [6, 6.07) is -2.87. The molecule has 0 aromatic heterocycles. The van der Waals surface area contributed by atoms with Crippen LogP contribution < -0.4 is 34.0 Å². The Bertz CT molecular complexity index is 563. The van der Waals surface area contributed by atoms with E-state index in [1.165, 1.54) is 0 Å². The Morgan fingerprint density at radius 1 is 0.794 bits per heavy atom. The maximum Gasteiger partial charge on any atom is 0.324 e. The number of hydrogen-bond acceptors (Lipinski definition) is 11. The lowest BCUT2D eigenvalue weighted by atomic mass is 10.1. The third kappa shape index (κ3) is 19.1. The molecule has 4 atom stereocenters. The van der Waals surface area contributed by atoms with Gasteiger partial charge in [-0.1, -0.05) is 12.8 Å². The van der Waals surface area contributed by atoms with Gasteiger partial charge in [0, 0.05) is 0 Å². The molecular formula is C20H42N6O8. The molecule has 0 aromatic rings. The van der Waals surface area contributed by atoms with E-state index in [1.807, 2.05) is 0 Å². The minimum Gasteiger partial charge on any atom is -0.480 e. The zero-order valence-corrected chi connectivity index (χ0v) is 19.6. The maximum absolute atomic E-state index is 11.2. The van der Waals surface area contributed by atoms with Gasteiger partial charge in [-0.05, 0) is 58.2 Å². The molecule has 14 nitrogen and oxygen atoms in total. The maximum atomic E-state index is 11.2. The van der Waals surface area contributed by atoms with Crippen LogP contribution in [-0.4, -0.2) is 89.6 Å². The summed E-state index contributed by atoms with van der Waals surface area (Å²) in [5, 5.41) is 28.0. The standard InChI is InChI=1S/C8H14N2O4.2C6H14N2O2/c9-5(7(11)12)4-14-8(13)6-2-1-3-10-6;2*7-4-2-1-3-5(8)6(9)10/h5-6,10H,1-4,9H2,(H,11,12);2*5H,1-4,7-8H2,(H,9,10)/t5-,6-;2*5-/m000/s1. The number of nitrogens with two attached hydrogens (primary N) is 5. The van der Waals surface area contributed by atoms with Crippen LogP contribution in [0.25, 0.3) is 0 Å². The van der Waals surface area contributed by atoms with Gasteiger partial charge >= 0.3 is 23.9 Å². The summed E-state index contributed by atoms with van der Waals surface area (Å²) >= 11 is 0. The van der Waals surface area contributed by atoms with E-state index in [0.29, 0.717) is 25.9 Å². The number of carboxylic acids is 3. The average Bonchev–Trinajstić information content (AvgIpc) is 3.33. The van der Waals surface area contributed by atoms with E-state index >= 15 is 0 Å². The average molecular weight is 495 g/mol. The van der Waals surface area contributed by atoms with E-state index in [2.05, 4.69) is 5.32 Å². The van der Waals surface area contributed by atoms with Gasteiger partial charge in [-0.3, -0.25) is 19.2 Å². The van der Waals surface area contributed by atoms with Crippen molar-refractivity contribution in [3.63, 3.8) is 0 Å². The molecule has 0 aromatic carbocycles. The monoisotopic (exact) mass is 494 g/mol. The van der Waals surface area contributed by atoms with Gasteiger partial charge < -0.3 is 54.0 Å². The molecular weight excluding hydrogens is 452 g/mol. The van der Waals surface area contributed by atoms with E-state index in [4.69, 9.17) is 48.7 Å². The van der Waals surface area contributed by atoms with Crippen molar-refractivity contribution in [2.45, 2.75) is 75.5 Å². The highest BCUT2D eigenvalue weighted by atomic mass is 16.5. The second-order valence-corrected chi connectivity index (χ2v) is 7.68. The van der Waals surface area contributed by atoms with Crippen molar-refractivity contribution in [2.24, 2.45) is 28.7 Å². The first-order valence-corrected chi connectivity index (χ1v) is 11.2. The number of carbonyl (C=O) groups excluding carboxylic acids is 1. The summed E-state index contributed by atoms with van der Waals surface area (Å²) in [4.78, 5) is 41.8. The number of rotatable bonds is 14. The Morgan fingerprint density at radius 2 is 1.24 bits per heavy atom. The number of nitrogens with one attached hydrogen (secondary N) is 1. The van der Waals surface area contributed by atoms with E-state index in [0.717, 1.165) is 45.1 Å². The predicted molar refractivity (Wildman–Crippen MR) is 125 cm³/mol. The Morgan fingerprint density at radius 3 is 1.56 bits per heavy atom. The van der Waals surface area contributed by atoms with Crippen molar-refractivity contribution < 1.29 is 39.2 Å². The van der Waals surface area contributed by atoms with Crippen LogP contribution in [0.2, 0.25) is 0 Å².